The number of carboxylic acids is 1. The van der Waals surface area contributed by atoms with E-state index in [1.807, 2.05) is 13.8 Å². The Labute approximate surface area is 119 Å². The van der Waals surface area contributed by atoms with Crippen molar-refractivity contribution in [2.45, 2.75) is 44.9 Å². The Morgan fingerprint density at radius 1 is 1.35 bits per heavy atom. The maximum atomic E-state index is 11.3. The summed E-state index contributed by atoms with van der Waals surface area (Å²) in [5, 5.41) is 26.8. The molecule has 1 aliphatic rings. The Kier molecular flexibility index (Phi) is 3.25. The monoisotopic (exact) mass is 293 g/mol. The van der Waals surface area contributed by atoms with Crippen molar-refractivity contribution in [3.63, 3.8) is 0 Å². The quantitative estimate of drug-likeness (QED) is 0.928. The third kappa shape index (κ3) is 2.09. The van der Waals surface area contributed by atoms with Gasteiger partial charge in [0, 0.05) is 11.8 Å². The van der Waals surface area contributed by atoms with Gasteiger partial charge in [0.25, 0.3) is 0 Å². The van der Waals surface area contributed by atoms with Crippen LogP contribution in [0.3, 0.4) is 0 Å². The third-order valence-corrected chi connectivity index (χ3v) is 4.70. The van der Waals surface area contributed by atoms with Gasteiger partial charge in [-0.05, 0) is 12.8 Å². The van der Waals surface area contributed by atoms with Gasteiger partial charge in [0.05, 0.1) is 5.69 Å². The first-order valence-electron chi connectivity index (χ1n) is 6.60. The molecule has 2 aromatic rings. The highest BCUT2D eigenvalue weighted by molar-refractivity contribution is 7.13. The number of carboxylic acid groups (broad SMARTS) is 1. The lowest BCUT2D eigenvalue weighted by atomic mass is 9.82. The van der Waals surface area contributed by atoms with Crippen LogP contribution in [0.5, 0.6) is 0 Å². The molecular formula is C12H15N5O2S. The summed E-state index contributed by atoms with van der Waals surface area (Å²) in [6.07, 6.45) is 3.06. The molecule has 0 atom stereocenters. The Hall–Kier alpha value is -1.83. The molecule has 2 aromatic heterocycles. The molecule has 0 unspecified atom stereocenters. The normalized spacial score (nSPS) is 15.6. The highest BCUT2D eigenvalue weighted by atomic mass is 32.1. The maximum Gasteiger partial charge on any atom is 0.358 e. The van der Waals surface area contributed by atoms with Crippen LogP contribution >= 0.6 is 11.3 Å². The Morgan fingerprint density at radius 3 is 2.60 bits per heavy atom. The smallest absolute Gasteiger partial charge is 0.358 e. The van der Waals surface area contributed by atoms with E-state index in [9.17, 15) is 9.90 Å². The van der Waals surface area contributed by atoms with Crippen LogP contribution in [0.15, 0.2) is 0 Å². The summed E-state index contributed by atoms with van der Waals surface area (Å²) in [5.41, 5.74) is 0.700. The van der Waals surface area contributed by atoms with E-state index in [2.05, 4.69) is 20.5 Å². The van der Waals surface area contributed by atoms with Gasteiger partial charge >= 0.3 is 5.97 Å². The first-order chi connectivity index (χ1) is 9.58. The minimum absolute atomic E-state index is 0.0380. The predicted octanol–water partition coefficient (Wildman–Crippen LogP) is 2.21. The fourth-order valence-electron chi connectivity index (χ4n) is 2.18. The van der Waals surface area contributed by atoms with Gasteiger partial charge in [0.1, 0.15) is 5.01 Å². The van der Waals surface area contributed by atoms with E-state index in [4.69, 9.17) is 0 Å². The van der Waals surface area contributed by atoms with E-state index in [0.29, 0.717) is 10.8 Å². The van der Waals surface area contributed by atoms with Crippen molar-refractivity contribution in [1.29, 1.82) is 0 Å². The maximum absolute atomic E-state index is 11.3. The van der Waals surface area contributed by atoms with Crippen LogP contribution in [0, 0.1) is 0 Å². The zero-order valence-electron chi connectivity index (χ0n) is 11.3. The predicted molar refractivity (Wildman–Crippen MR) is 72.5 cm³/mol. The molecule has 2 heterocycles. The standard InChI is InChI=1S/C12H15N5O2S/c1-6(2)10-14-15-12(20-10)17-9(7-4-3-5-7)8(11(18)19)13-16-17/h6-7H,3-5H2,1-2H3,(H,18,19). The highest BCUT2D eigenvalue weighted by Gasteiger charge is 2.32. The molecule has 0 aromatic carbocycles. The molecule has 1 saturated carbocycles. The molecule has 8 heteroatoms. The van der Waals surface area contributed by atoms with Gasteiger partial charge in [-0.3, -0.25) is 0 Å². The topological polar surface area (TPSA) is 93.8 Å². The number of hydrogen-bond acceptors (Lipinski definition) is 6. The van der Waals surface area contributed by atoms with Gasteiger partial charge in [-0.15, -0.1) is 15.3 Å². The van der Waals surface area contributed by atoms with E-state index >= 15 is 0 Å². The molecular weight excluding hydrogens is 278 g/mol. The number of aromatic nitrogens is 5. The van der Waals surface area contributed by atoms with Gasteiger partial charge in [-0.2, -0.15) is 4.68 Å². The number of carbonyl (C=O) groups is 1. The van der Waals surface area contributed by atoms with Crippen LogP contribution < -0.4 is 0 Å². The van der Waals surface area contributed by atoms with Gasteiger partial charge < -0.3 is 5.11 Å². The van der Waals surface area contributed by atoms with Crippen molar-refractivity contribution in [3.8, 4) is 5.13 Å². The summed E-state index contributed by atoms with van der Waals surface area (Å²) in [7, 11) is 0. The van der Waals surface area contributed by atoms with Crippen LogP contribution in [-0.2, 0) is 0 Å². The van der Waals surface area contributed by atoms with Crippen molar-refractivity contribution in [3.05, 3.63) is 16.4 Å². The second-order valence-electron chi connectivity index (χ2n) is 5.25. The van der Waals surface area contributed by atoms with E-state index in [1.54, 1.807) is 4.68 Å². The molecule has 1 aliphatic carbocycles. The van der Waals surface area contributed by atoms with E-state index in [0.717, 1.165) is 24.3 Å². The molecule has 0 aliphatic heterocycles. The summed E-state index contributed by atoms with van der Waals surface area (Å²) < 4.78 is 1.55. The van der Waals surface area contributed by atoms with Gasteiger partial charge in [-0.1, -0.05) is 36.8 Å². The number of nitrogens with zero attached hydrogens (tertiary/aromatic N) is 5. The third-order valence-electron chi connectivity index (χ3n) is 3.50. The minimum Gasteiger partial charge on any atom is -0.476 e. The molecule has 0 bridgehead atoms. The average Bonchev–Trinajstić information content (AvgIpc) is 2.91. The molecule has 106 valence electrons. The van der Waals surface area contributed by atoms with Crippen molar-refractivity contribution >= 4 is 17.3 Å². The fraction of sp³-hybridized carbons (Fsp3) is 0.583. The number of rotatable bonds is 4. The summed E-state index contributed by atoms with van der Waals surface area (Å²) in [6, 6.07) is 0. The van der Waals surface area contributed by atoms with Gasteiger partial charge in [0.2, 0.25) is 5.13 Å². The van der Waals surface area contributed by atoms with Crippen LogP contribution in [0.2, 0.25) is 0 Å². The van der Waals surface area contributed by atoms with Crippen molar-refractivity contribution in [2.24, 2.45) is 0 Å². The lowest BCUT2D eigenvalue weighted by molar-refractivity contribution is 0.0687. The molecule has 3 rings (SSSR count). The Bertz CT molecular complexity index is 644. The van der Waals surface area contributed by atoms with Crippen molar-refractivity contribution < 1.29 is 9.90 Å². The first kappa shape index (κ1) is 13.2. The summed E-state index contributed by atoms with van der Waals surface area (Å²) in [6.45, 7) is 4.09. The van der Waals surface area contributed by atoms with Crippen LogP contribution in [0.4, 0.5) is 0 Å². The molecule has 0 radical (unpaired) electrons. The summed E-state index contributed by atoms with van der Waals surface area (Å²) in [5.74, 6) is -0.537. The minimum atomic E-state index is -1.04. The van der Waals surface area contributed by atoms with Crippen molar-refractivity contribution in [2.75, 3.05) is 0 Å². The first-order valence-corrected chi connectivity index (χ1v) is 7.42. The van der Waals surface area contributed by atoms with Crippen molar-refractivity contribution in [1.82, 2.24) is 25.2 Å². The zero-order chi connectivity index (χ0) is 14.3. The van der Waals surface area contributed by atoms with Gasteiger partial charge in [0.15, 0.2) is 5.69 Å². The molecule has 20 heavy (non-hydrogen) atoms. The number of hydrogen-bond donors (Lipinski definition) is 1. The molecule has 0 amide bonds. The molecule has 1 N–H and O–H groups in total. The van der Waals surface area contributed by atoms with E-state index in [1.165, 1.54) is 11.3 Å². The summed E-state index contributed by atoms with van der Waals surface area (Å²) in [4.78, 5) is 11.3. The molecule has 0 spiro atoms. The Morgan fingerprint density at radius 2 is 2.10 bits per heavy atom. The average molecular weight is 293 g/mol. The van der Waals surface area contributed by atoms with E-state index < -0.39 is 5.97 Å². The molecule has 7 nitrogen and oxygen atoms in total. The Balaban J connectivity index is 2.05. The highest BCUT2D eigenvalue weighted by Crippen LogP contribution is 2.38. The van der Waals surface area contributed by atoms with Crippen LogP contribution in [-0.4, -0.2) is 36.3 Å². The summed E-state index contributed by atoms with van der Waals surface area (Å²) >= 11 is 1.43. The van der Waals surface area contributed by atoms with E-state index in [-0.39, 0.29) is 17.5 Å². The SMILES string of the molecule is CC(C)c1nnc(-n2nnc(C(=O)O)c2C2CCC2)s1. The van der Waals surface area contributed by atoms with Crippen LogP contribution in [0.25, 0.3) is 5.13 Å². The number of aromatic carboxylic acids is 1. The second kappa shape index (κ2) is 4.93. The largest absolute Gasteiger partial charge is 0.476 e. The lowest BCUT2D eigenvalue weighted by Crippen LogP contribution is -2.17. The van der Waals surface area contributed by atoms with Gasteiger partial charge in [-0.25, -0.2) is 4.79 Å². The second-order valence-corrected chi connectivity index (χ2v) is 6.23. The molecule has 0 saturated heterocycles. The lowest BCUT2D eigenvalue weighted by Gasteiger charge is -2.25. The molecule has 1 fully saturated rings. The fourth-order valence-corrected chi connectivity index (χ4v) is 2.98. The zero-order valence-corrected chi connectivity index (χ0v) is 12.1. The van der Waals surface area contributed by atoms with Crippen LogP contribution in [0.1, 0.15) is 66.1 Å².